The van der Waals surface area contributed by atoms with Crippen molar-refractivity contribution in [2.45, 2.75) is 31.7 Å². The van der Waals surface area contributed by atoms with Crippen molar-refractivity contribution in [1.29, 1.82) is 0 Å². The van der Waals surface area contributed by atoms with E-state index >= 15 is 0 Å². The molecule has 0 radical (unpaired) electrons. The molecule has 2 aromatic heterocycles. The number of pyridine rings is 1. The molecule has 27 heavy (non-hydrogen) atoms. The van der Waals surface area contributed by atoms with E-state index in [1.165, 1.54) is 16.2 Å². The molecule has 0 unspecified atom stereocenters. The minimum Gasteiger partial charge on any atom is -0.455 e. The quantitative estimate of drug-likeness (QED) is 0.743. The van der Waals surface area contributed by atoms with Crippen LogP contribution in [-0.2, 0) is 25.5 Å². The van der Waals surface area contributed by atoms with Gasteiger partial charge in [0, 0.05) is 29.9 Å². The topological polar surface area (TPSA) is 115 Å². The molecular formula is C18H20N4O4S. The van der Waals surface area contributed by atoms with Crippen LogP contribution in [0.2, 0.25) is 0 Å². The normalized spacial score (nSPS) is 16.7. The Balaban J connectivity index is 1.52. The average Bonchev–Trinajstić information content (AvgIpc) is 3.15. The van der Waals surface area contributed by atoms with E-state index in [2.05, 4.69) is 9.97 Å². The summed E-state index contributed by atoms with van der Waals surface area (Å²) in [6.45, 7) is 0.0484. The third-order valence-electron chi connectivity index (χ3n) is 4.29. The molecule has 0 saturated carbocycles. The minimum atomic E-state index is -0.620. The molecule has 3 heterocycles. The van der Waals surface area contributed by atoms with Gasteiger partial charge in [0.2, 0.25) is 5.91 Å². The van der Waals surface area contributed by atoms with Crippen molar-refractivity contribution < 1.29 is 19.1 Å². The first-order valence-electron chi connectivity index (χ1n) is 8.64. The summed E-state index contributed by atoms with van der Waals surface area (Å²) in [4.78, 5) is 45.6. The predicted molar refractivity (Wildman–Crippen MR) is 98.6 cm³/mol. The Labute approximate surface area is 160 Å². The first kappa shape index (κ1) is 19.0. The van der Waals surface area contributed by atoms with Crippen LogP contribution in [-0.4, -0.2) is 51.8 Å². The number of nitrogens with two attached hydrogens (primary N) is 1. The molecule has 1 aliphatic rings. The van der Waals surface area contributed by atoms with Crippen LogP contribution in [0, 0.1) is 0 Å². The van der Waals surface area contributed by atoms with Crippen LogP contribution in [0.4, 0.5) is 0 Å². The van der Waals surface area contributed by atoms with E-state index < -0.39 is 30.4 Å². The van der Waals surface area contributed by atoms with Crippen molar-refractivity contribution in [3.8, 4) is 10.6 Å². The number of carbonyl (C=O) groups is 3. The van der Waals surface area contributed by atoms with Crippen molar-refractivity contribution in [1.82, 2.24) is 14.9 Å². The third kappa shape index (κ3) is 4.88. The average molecular weight is 388 g/mol. The standard InChI is InChI=1S/C18H20N4O4S/c19-17(25)14-5-1-2-7-22(14)15(23)10-26-16(24)8-13-11-27-18(21-13)12-4-3-6-20-9-12/h3-4,6,9,11,14H,1-2,5,7-8,10H2,(H2,19,25)/t14-/m1/s1. The van der Waals surface area contributed by atoms with Crippen LogP contribution in [0.3, 0.4) is 0 Å². The Hall–Kier alpha value is -2.81. The Kier molecular flexibility index (Phi) is 6.12. The molecule has 0 spiro atoms. The fraction of sp³-hybridized carbons (Fsp3) is 0.389. The fourth-order valence-electron chi connectivity index (χ4n) is 2.96. The Morgan fingerprint density at radius 3 is 2.93 bits per heavy atom. The van der Waals surface area contributed by atoms with Crippen LogP contribution < -0.4 is 5.73 Å². The lowest BCUT2D eigenvalue weighted by molar-refractivity contribution is -0.154. The highest BCUT2D eigenvalue weighted by Gasteiger charge is 2.31. The number of thiazole rings is 1. The number of hydrogen-bond acceptors (Lipinski definition) is 7. The van der Waals surface area contributed by atoms with Crippen molar-refractivity contribution >= 4 is 29.1 Å². The van der Waals surface area contributed by atoms with Crippen LogP contribution in [0.15, 0.2) is 29.9 Å². The molecule has 0 aliphatic carbocycles. The Bertz CT molecular complexity index is 824. The highest BCUT2D eigenvalue weighted by Crippen LogP contribution is 2.23. The van der Waals surface area contributed by atoms with E-state index in [1.54, 1.807) is 17.8 Å². The van der Waals surface area contributed by atoms with Gasteiger partial charge in [0.05, 0.1) is 12.1 Å². The van der Waals surface area contributed by atoms with Crippen LogP contribution in [0.25, 0.3) is 10.6 Å². The molecular weight excluding hydrogens is 368 g/mol. The SMILES string of the molecule is NC(=O)[C@H]1CCCCN1C(=O)COC(=O)Cc1csc(-c2cccnc2)n1. The molecule has 9 heteroatoms. The summed E-state index contributed by atoms with van der Waals surface area (Å²) in [6.07, 6.45) is 5.55. The Morgan fingerprint density at radius 2 is 2.19 bits per heavy atom. The maximum atomic E-state index is 12.3. The van der Waals surface area contributed by atoms with E-state index in [1.807, 2.05) is 12.1 Å². The number of primary amides is 1. The Morgan fingerprint density at radius 1 is 1.33 bits per heavy atom. The van der Waals surface area contributed by atoms with E-state index in [0.29, 0.717) is 18.7 Å². The van der Waals surface area contributed by atoms with Gasteiger partial charge in [-0.05, 0) is 31.4 Å². The summed E-state index contributed by atoms with van der Waals surface area (Å²) in [5, 5.41) is 2.54. The molecule has 8 nitrogen and oxygen atoms in total. The van der Waals surface area contributed by atoms with Gasteiger partial charge in [-0.3, -0.25) is 19.4 Å². The number of hydrogen-bond donors (Lipinski definition) is 1. The summed E-state index contributed by atoms with van der Waals surface area (Å²) in [6, 6.07) is 3.09. The van der Waals surface area contributed by atoms with Gasteiger partial charge >= 0.3 is 5.97 Å². The lowest BCUT2D eigenvalue weighted by atomic mass is 10.0. The van der Waals surface area contributed by atoms with Crippen LogP contribution in [0.1, 0.15) is 25.0 Å². The lowest BCUT2D eigenvalue weighted by Crippen LogP contribution is -2.51. The number of carbonyl (C=O) groups excluding carboxylic acids is 3. The molecule has 2 aromatic rings. The van der Waals surface area contributed by atoms with Crippen molar-refractivity contribution in [3.63, 3.8) is 0 Å². The maximum absolute atomic E-state index is 12.3. The smallest absolute Gasteiger partial charge is 0.312 e. The van der Waals surface area contributed by atoms with E-state index in [9.17, 15) is 14.4 Å². The lowest BCUT2D eigenvalue weighted by Gasteiger charge is -2.33. The number of rotatable bonds is 6. The zero-order valence-corrected chi connectivity index (χ0v) is 15.5. The second-order valence-corrected chi connectivity index (χ2v) is 7.08. The predicted octanol–water partition coefficient (Wildman–Crippen LogP) is 1.16. The number of nitrogens with zero attached hydrogens (tertiary/aromatic N) is 3. The number of likely N-dealkylation sites (tertiary alicyclic amines) is 1. The van der Waals surface area contributed by atoms with Gasteiger partial charge in [0.1, 0.15) is 11.0 Å². The van der Waals surface area contributed by atoms with Gasteiger partial charge in [-0.2, -0.15) is 0 Å². The zero-order chi connectivity index (χ0) is 19.2. The molecule has 1 aliphatic heterocycles. The second kappa shape index (κ2) is 8.72. The fourth-order valence-corrected chi connectivity index (χ4v) is 3.77. The molecule has 1 saturated heterocycles. The third-order valence-corrected chi connectivity index (χ3v) is 5.23. The van der Waals surface area contributed by atoms with E-state index in [4.69, 9.17) is 10.5 Å². The van der Waals surface area contributed by atoms with Gasteiger partial charge in [-0.25, -0.2) is 4.98 Å². The molecule has 1 atom stereocenters. The van der Waals surface area contributed by atoms with Gasteiger partial charge in [0.25, 0.3) is 5.91 Å². The van der Waals surface area contributed by atoms with E-state index in [0.717, 1.165) is 23.4 Å². The van der Waals surface area contributed by atoms with Gasteiger partial charge in [0.15, 0.2) is 6.61 Å². The highest BCUT2D eigenvalue weighted by atomic mass is 32.1. The zero-order valence-electron chi connectivity index (χ0n) is 14.7. The van der Waals surface area contributed by atoms with E-state index in [-0.39, 0.29) is 6.42 Å². The molecule has 2 amide bonds. The number of aromatic nitrogens is 2. The number of ether oxygens (including phenoxy) is 1. The van der Waals surface area contributed by atoms with Crippen molar-refractivity contribution in [3.05, 3.63) is 35.6 Å². The second-order valence-electron chi connectivity index (χ2n) is 6.22. The molecule has 0 bridgehead atoms. The molecule has 1 fully saturated rings. The maximum Gasteiger partial charge on any atom is 0.312 e. The molecule has 2 N–H and O–H groups in total. The van der Waals surface area contributed by atoms with Crippen molar-refractivity contribution in [2.75, 3.05) is 13.2 Å². The first-order valence-corrected chi connectivity index (χ1v) is 9.52. The summed E-state index contributed by atoms with van der Waals surface area (Å²) < 4.78 is 5.07. The summed E-state index contributed by atoms with van der Waals surface area (Å²) in [7, 11) is 0. The monoisotopic (exact) mass is 388 g/mol. The summed E-state index contributed by atoms with van der Waals surface area (Å²) in [5.41, 5.74) is 6.80. The van der Waals surface area contributed by atoms with Crippen LogP contribution >= 0.6 is 11.3 Å². The summed E-state index contributed by atoms with van der Waals surface area (Å²) in [5.74, 6) is -1.47. The van der Waals surface area contributed by atoms with Crippen LogP contribution in [0.5, 0.6) is 0 Å². The van der Waals surface area contributed by atoms with Gasteiger partial charge in [-0.15, -0.1) is 11.3 Å². The van der Waals surface area contributed by atoms with Gasteiger partial charge in [-0.1, -0.05) is 0 Å². The molecule has 142 valence electrons. The highest BCUT2D eigenvalue weighted by molar-refractivity contribution is 7.13. The molecule has 0 aromatic carbocycles. The number of amides is 2. The largest absolute Gasteiger partial charge is 0.455 e. The number of piperidine rings is 1. The minimum absolute atomic E-state index is 0.0245. The van der Waals surface area contributed by atoms with Gasteiger partial charge < -0.3 is 15.4 Å². The number of esters is 1. The molecule has 3 rings (SSSR count). The first-order chi connectivity index (χ1) is 13.0. The van der Waals surface area contributed by atoms with Crippen molar-refractivity contribution in [2.24, 2.45) is 5.73 Å². The summed E-state index contributed by atoms with van der Waals surface area (Å²) >= 11 is 1.41.